The number of hydrogen-bond donors (Lipinski definition) is 2. The molecule has 0 radical (unpaired) electrons. The van der Waals surface area contributed by atoms with Crippen molar-refractivity contribution in [1.82, 2.24) is 20.4 Å². The molecule has 0 atom stereocenters. The molecule has 0 spiro atoms. The fraction of sp³-hybridized carbons (Fsp3) is 0.444. The predicted octanol–water partition coefficient (Wildman–Crippen LogP) is 1.47. The molecule has 0 fully saturated rings. The number of fused-ring (bicyclic) bond motifs is 1. The van der Waals surface area contributed by atoms with Gasteiger partial charge in [0.25, 0.3) is 5.91 Å². The average Bonchev–Trinajstić information content (AvgIpc) is 3.21. The lowest BCUT2D eigenvalue weighted by molar-refractivity contribution is 0.0947. The zero-order chi connectivity index (χ0) is 17.6. The van der Waals surface area contributed by atoms with Gasteiger partial charge in [-0.25, -0.2) is 9.07 Å². The van der Waals surface area contributed by atoms with Crippen LogP contribution in [0.5, 0.6) is 0 Å². The van der Waals surface area contributed by atoms with E-state index in [1.807, 2.05) is 0 Å². The van der Waals surface area contributed by atoms with E-state index in [9.17, 15) is 9.18 Å². The molecule has 6 nitrogen and oxygen atoms in total. The molecule has 7 heteroatoms. The van der Waals surface area contributed by atoms with Gasteiger partial charge in [-0.2, -0.15) is 5.10 Å². The highest BCUT2D eigenvalue weighted by atomic mass is 19.1. The largest absolute Gasteiger partial charge is 0.383 e. The molecule has 0 aliphatic heterocycles. The Labute approximate surface area is 146 Å². The number of halogens is 1. The Kier molecular flexibility index (Phi) is 5.78. The van der Waals surface area contributed by atoms with Gasteiger partial charge in [0.05, 0.1) is 12.3 Å². The third-order valence-corrected chi connectivity index (χ3v) is 4.29. The van der Waals surface area contributed by atoms with Crippen LogP contribution >= 0.6 is 0 Å². The van der Waals surface area contributed by atoms with E-state index in [1.54, 1.807) is 23.9 Å². The molecule has 1 aromatic carbocycles. The Morgan fingerprint density at radius 2 is 2.04 bits per heavy atom. The second-order valence-corrected chi connectivity index (χ2v) is 6.01. The van der Waals surface area contributed by atoms with Gasteiger partial charge < -0.3 is 15.4 Å². The van der Waals surface area contributed by atoms with Crippen molar-refractivity contribution in [2.75, 3.05) is 33.4 Å². The van der Waals surface area contributed by atoms with E-state index in [0.717, 1.165) is 42.8 Å². The van der Waals surface area contributed by atoms with E-state index >= 15 is 0 Å². The molecule has 1 aliphatic rings. The maximum Gasteiger partial charge on any atom is 0.272 e. The van der Waals surface area contributed by atoms with Crippen molar-refractivity contribution in [3.8, 4) is 5.69 Å². The van der Waals surface area contributed by atoms with Crippen LogP contribution in [0, 0.1) is 5.82 Å². The second-order valence-electron chi connectivity index (χ2n) is 6.01. The molecule has 3 rings (SSSR count). The summed E-state index contributed by atoms with van der Waals surface area (Å²) < 4.78 is 19.9. The number of benzene rings is 1. The highest BCUT2D eigenvalue weighted by Gasteiger charge is 2.26. The van der Waals surface area contributed by atoms with E-state index in [1.165, 1.54) is 12.1 Å². The van der Waals surface area contributed by atoms with E-state index in [0.29, 0.717) is 25.4 Å². The minimum atomic E-state index is -0.286. The molecule has 2 aromatic rings. The van der Waals surface area contributed by atoms with Crippen molar-refractivity contribution in [3.63, 3.8) is 0 Å². The fourth-order valence-electron chi connectivity index (χ4n) is 3.06. The summed E-state index contributed by atoms with van der Waals surface area (Å²) in [7, 11) is 1.65. The standard InChI is InChI=1S/C18H23FN4O2/c1-25-12-11-20-9-10-21-18(24)17-15-3-2-4-16(15)23(22-17)14-7-5-13(19)6-8-14/h5-8,20H,2-4,9-12H2,1H3,(H,21,24). The second kappa shape index (κ2) is 8.22. The van der Waals surface area contributed by atoms with E-state index in [4.69, 9.17) is 4.74 Å². The first-order valence-corrected chi connectivity index (χ1v) is 8.55. The smallest absolute Gasteiger partial charge is 0.272 e. The van der Waals surface area contributed by atoms with Gasteiger partial charge in [0.15, 0.2) is 5.69 Å². The summed E-state index contributed by atoms with van der Waals surface area (Å²) in [5, 5.41) is 10.6. The number of carbonyl (C=O) groups is 1. The first kappa shape index (κ1) is 17.6. The SMILES string of the molecule is COCCNCCNC(=O)c1nn(-c2ccc(F)cc2)c2c1CCC2. The average molecular weight is 346 g/mol. The first-order chi connectivity index (χ1) is 12.2. The lowest BCUT2D eigenvalue weighted by Crippen LogP contribution is -2.33. The molecule has 134 valence electrons. The van der Waals surface area contributed by atoms with Gasteiger partial charge in [0.2, 0.25) is 0 Å². The molecule has 2 N–H and O–H groups in total. The molecule has 0 bridgehead atoms. The van der Waals surface area contributed by atoms with Crippen molar-refractivity contribution in [3.05, 3.63) is 47.0 Å². The molecule has 1 aromatic heterocycles. The van der Waals surface area contributed by atoms with Gasteiger partial charge >= 0.3 is 0 Å². The van der Waals surface area contributed by atoms with Crippen molar-refractivity contribution in [2.45, 2.75) is 19.3 Å². The summed E-state index contributed by atoms with van der Waals surface area (Å²) in [4.78, 5) is 12.5. The van der Waals surface area contributed by atoms with Crippen LogP contribution in [0.4, 0.5) is 4.39 Å². The summed E-state index contributed by atoms with van der Waals surface area (Å²) in [6.45, 7) is 2.60. The van der Waals surface area contributed by atoms with Crippen LogP contribution in [-0.4, -0.2) is 49.0 Å². The molecule has 1 amide bonds. The Hall–Kier alpha value is -2.25. The van der Waals surface area contributed by atoms with Crippen molar-refractivity contribution in [1.29, 1.82) is 0 Å². The third-order valence-electron chi connectivity index (χ3n) is 4.29. The van der Waals surface area contributed by atoms with Crippen LogP contribution in [0.3, 0.4) is 0 Å². The van der Waals surface area contributed by atoms with Crippen LogP contribution < -0.4 is 10.6 Å². The number of nitrogens with zero attached hydrogens (tertiary/aromatic N) is 2. The molecule has 1 heterocycles. The van der Waals surface area contributed by atoms with Crippen LogP contribution in [0.25, 0.3) is 5.69 Å². The quantitative estimate of drug-likeness (QED) is 0.710. The van der Waals surface area contributed by atoms with Gasteiger partial charge in [-0.05, 0) is 43.5 Å². The molecule has 0 saturated carbocycles. The number of methoxy groups -OCH3 is 1. The van der Waals surface area contributed by atoms with E-state index < -0.39 is 0 Å². The molecular weight excluding hydrogens is 323 g/mol. The number of rotatable bonds is 8. The maximum atomic E-state index is 13.2. The monoisotopic (exact) mass is 346 g/mol. The normalized spacial score (nSPS) is 13.0. The minimum absolute atomic E-state index is 0.160. The van der Waals surface area contributed by atoms with Gasteiger partial charge in [-0.1, -0.05) is 0 Å². The van der Waals surface area contributed by atoms with Crippen molar-refractivity contribution >= 4 is 5.91 Å². The van der Waals surface area contributed by atoms with Crippen LogP contribution in [0.15, 0.2) is 24.3 Å². The highest BCUT2D eigenvalue weighted by Crippen LogP contribution is 2.27. The summed E-state index contributed by atoms with van der Waals surface area (Å²) in [6, 6.07) is 6.18. The van der Waals surface area contributed by atoms with Crippen molar-refractivity contribution in [2.24, 2.45) is 0 Å². The topological polar surface area (TPSA) is 68.2 Å². The fourth-order valence-corrected chi connectivity index (χ4v) is 3.06. The Bertz CT molecular complexity index is 727. The van der Waals surface area contributed by atoms with Crippen LogP contribution in [-0.2, 0) is 17.6 Å². The predicted molar refractivity (Wildman–Crippen MR) is 92.6 cm³/mol. The number of carbonyl (C=O) groups excluding carboxylic acids is 1. The molecule has 1 aliphatic carbocycles. The molecule has 0 saturated heterocycles. The van der Waals surface area contributed by atoms with Crippen LogP contribution in [0.2, 0.25) is 0 Å². The summed E-state index contributed by atoms with van der Waals surface area (Å²) >= 11 is 0. The molecule has 25 heavy (non-hydrogen) atoms. The molecular formula is C18H23FN4O2. The minimum Gasteiger partial charge on any atom is -0.383 e. The lowest BCUT2D eigenvalue weighted by atomic mass is 10.2. The Morgan fingerprint density at radius 1 is 1.24 bits per heavy atom. The van der Waals surface area contributed by atoms with Gasteiger partial charge in [0, 0.05) is 38.0 Å². The number of aromatic nitrogens is 2. The summed E-state index contributed by atoms with van der Waals surface area (Å²) in [5.41, 5.74) is 3.32. The third kappa shape index (κ3) is 4.05. The van der Waals surface area contributed by atoms with E-state index in [-0.39, 0.29) is 11.7 Å². The van der Waals surface area contributed by atoms with Gasteiger partial charge in [-0.15, -0.1) is 0 Å². The Morgan fingerprint density at radius 3 is 2.80 bits per heavy atom. The van der Waals surface area contributed by atoms with Crippen molar-refractivity contribution < 1.29 is 13.9 Å². The zero-order valence-electron chi connectivity index (χ0n) is 14.3. The number of hydrogen-bond acceptors (Lipinski definition) is 4. The zero-order valence-corrected chi connectivity index (χ0v) is 14.3. The van der Waals surface area contributed by atoms with Gasteiger partial charge in [0.1, 0.15) is 5.82 Å². The number of ether oxygens (including phenoxy) is 1. The Balaban J connectivity index is 1.69. The molecule has 0 unspecified atom stereocenters. The summed E-state index contributed by atoms with van der Waals surface area (Å²) in [5.74, 6) is -0.445. The van der Waals surface area contributed by atoms with Crippen LogP contribution in [0.1, 0.15) is 28.2 Å². The van der Waals surface area contributed by atoms with Gasteiger partial charge in [-0.3, -0.25) is 4.79 Å². The first-order valence-electron chi connectivity index (χ1n) is 8.55. The highest BCUT2D eigenvalue weighted by molar-refractivity contribution is 5.94. The number of amides is 1. The maximum absolute atomic E-state index is 13.2. The lowest BCUT2D eigenvalue weighted by Gasteiger charge is -2.06. The summed E-state index contributed by atoms with van der Waals surface area (Å²) in [6.07, 6.45) is 2.74. The van der Waals surface area contributed by atoms with E-state index in [2.05, 4.69) is 15.7 Å². The number of nitrogens with one attached hydrogen (secondary N) is 2.